The maximum absolute atomic E-state index is 13.2. The van der Waals surface area contributed by atoms with Crippen LogP contribution in [0.2, 0.25) is 0 Å². The molecule has 18 heavy (non-hydrogen) atoms. The number of halogens is 1. The summed E-state index contributed by atoms with van der Waals surface area (Å²) in [5.74, 6) is 0.563. The average Bonchev–Trinajstić information content (AvgIpc) is 2.36. The Hall–Kier alpha value is -1.87. The summed E-state index contributed by atoms with van der Waals surface area (Å²) >= 11 is 0. The highest BCUT2D eigenvalue weighted by Gasteiger charge is 2.04. The van der Waals surface area contributed by atoms with Crippen LogP contribution in [0.1, 0.15) is 5.56 Å². The van der Waals surface area contributed by atoms with Crippen molar-refractivity contribution in [2.45, 2.75) is 6.92 Å². The standard InChI is InChI=1S/C15H16FNO/c1-11-9-14(18-8-7-17)5-6-15(11)12-3-2-4-13(16)10-12/h2-6,9-10H,7-8,17H2,1H3. The first-order chi connectivity index (χ1) is 8.70. The molecule has 0 saturated heterocycles. The van der Waals surface area contributed by atoms with Gasteiger partial charge < -0.3 is 10.5 Å². The molecular formula is C15H16FNO. The molecular weight excluding hydrogens is 229 g/mol. The SMILES string of the molecule is Cc1cc(OCCN)ccc1-c1cccc(F)c1. The summed E-state index contributed by atoms with van der Waals surface area (Å²) in [5.41, 5.74) is 8.32. The Morgan fingerprint density at radius 3 is 2.67 bits per heavy atom. The van der Waals surface area contributed by atoms with Gasteiger partial charge in [0.1, 0.15) is 18.2 Å². The van der Waals surface area contributed by atoms with Gasteiger partial charge in [-0.15, -0.1) is 0 Å². The van der Waals surface area contributed by atoms with Gasteiger partial charge in [0, 0.05) is 6.54 Å². The third kappa shape index (κ3) is 2.87. The zero-order valence-corrected chi connectivity index (χ0v) is 10.3. The predicted molar refractivity (Wildman–Crippen MR) is 71.1 cm³/mol. The molecule has 0 fully saturated rings. The van der Waals surface area contributed by atoms with E-state index in [1.807, 2.05) is 31.2 Å². The van der Waals surface area contributed by atoms with Crippen LogP contribution >= 0.6 is 0 Å². The molecule has 0 aliphatic heterocycles. The molecule has 3 heteroatoms. The maximum atomic E-state index is 13.2. The van der Waals surface area contributed by atoms with E-state index in [1.54, 1.807) is 6.07 Å². The van der Waals surface area contributed by atoms with Gasteiger partial charge in [-0.3, -0.25) is 0 Å². The summed E-state index contributed by atoms with van der Waals surface area (Å²) in [5, 5.41) is 0. The lowest BCUT2D eigenvalue weighted by Gasteiger charge is -2.10. The van der Waals surface area contributed by atoms with Crippen molar-refractivity contribution in [3.05, 3.63) is 53.8 Å². The first-order valence-corrected chi connectivity index (χ1v) is 5.90. The van der Waals surface area contributed by atoms with Crippen molar-refractivity contribution in [3.8, 4) is 16.9 Å². The van der Waals surface area contributed by atoms with Gasteiger partial charge in [0.2, 0.25) is 0 Å². The molecule has 94 valence electrons. The molecule has 2 nitrogen and oxygen atoms in total. The molecule has 0 aliphatic carbocycles. The normalized spacial score (nSPS) is 10.4. The van der Waals surface area contributed by atoms with Crippen molar-refractivity contribution in [1.29, 1.82) is 0 Å². The van der Waals surface area contributed by atoms with Gasteiger partial charge in [-0.1, -0.05) is 18.2 Å². The monoisotopic (exact) mass is 245 g/mol. The lowest BCUT2D eigenvalue weighted by Crippen LogP contribution is -2.10. The molecule has 0 unspecified atom stereocenters. The van der Waals surface area contributed by atoms with Gasteiger partial charge in [0.25, 0.3) is 0 Å². The summed E-state index contributed by atoms with van der Waals surface area (Å²) in [6.45, 7) is 2.97. The van der Waals surface area contributed by atoms with Crippen molar-refractivity contribution >= 4 is 0 Å². The highest BCUT2D eigenvalue weighted by molar-refractivity contribution is 5.68. The highest BCUT2D eigenvalue weighted by atomic mass is 19.1. The third-order valence-electron chi connectivity index (χ3n) is 2.72. The number of hydrogen-bond donors (Lipinski definition) is 1. The number of aryl methyl sites for hydroxylation is 1. The Kier molecular flexibility index (Phi) is 3.95. The molecule has 2 rings (SSSR count). The molecule has 0 radical (unpaired) electrons. The van der Waals surface area contributed by atoms with E-state index in [4.69, 9.17) is 10.5 Å². The summed E-state index contributed by atoms with van der Waals surface area (Å²) < 4.78 is 18.6. The average molecular weight is 245 g/mol. The van der Waals surface area contributed by atoms with Crippen LogP contribution in [0.15, 0.2) is 42.5 Å². The van der Waals surface area contributed by atoms with E-state index in [9.17, 15) is 4.39 Å². The van der Waals surface area contributed by atoms with E-state index in [0.29, 0.717) is 13.2 Å². The second kappa shape index (κ2) is 5.65. The van der Waals surface area contributed by atoms with Crippen LogP contribution in [0, 0.1) is 12.7 Å². The van der Waals surface area contributed by atoms with Crippen LogP contribution in [0.3, 0.4) is 0 Å². The molecule has 0 spiro atoms. The zero-order valence-electron chi connectivity index (χ0n) is 10.3. The Morgan fingerprint density at radius 1 is 1.17 bits per heavy atom. The Bertz CT molecular complexity index is 540. The molecule has 2 aromatic carbocycles. The molecule has 0 bridgehead atoms. The van der Waals surface area contributed by atoms with Gasteiger partial charge in [0.15, 0.2) is 0 Å². The molecule has 0 saturated carbocycles. The maximum Gasteiger partial charge on any atom is 0.123 e. The van der Waals surface area contributed by atoms with E-state index in [2.05, 4.69) is 0 Å². The molecule has 0 aromatic heterocycles. The minimum atomic E-state index is -0.227. The molecule has 2 N–H and O–H groups in total. The minimum Gasteiger partial charge on any atom is -0.492 e. The van der Waals surface area contributed by atoms with E-state index in [1.165, 1.54) is 12.1 Å². The van der Waals surface area contributed by atoms with E-state index in [0.717, 1.165) is 22.4 Å². The van der Waals surface area contributed by atoms with Crippen LogP contribution < -0.4 is 10.5 Å². The smallest absolute Gasteiger partial charge is 0.123 e. The third-order valence-corrected chi connectivity index (χ3v) is 2.72. The van der Waals surface area contributed by atoms with Crippen molar-refractivity contribution in [2.75, 3.05) is 13.2 Å². The van der Waals surface area contributed by atoms with Crippen LogP contribution in [0.25, 0.3) is 11.1 Å². The number of rotatable bonds is 4. The highest BCUT2D eigenvalue weighted by Crippen LogP contribution is 2.27. The van der Waals surface area contributed by atoms with Crippen LogP contribution in [0.4, 0.5) is 4.39 Å². The number of ether oxygens (including phenoxy) is 1. The van der Waals surface area contributed by atoms with Gasteiger partial charge >= 0.3 is 0 Å². The topological polar surface area (TPSA) is 35.2 Å². The fraction of sp³-hybridized carbons (Fsp3) is 0.200. The number of nitrogens with two attached hydrogens (primary N) is 1. The van der Waals surface area contributed by atoms with Crippen LogP contribution in [0.5, 0.6) is 5.75 Å². The van der Waals surface area contributed by atoms with Crippen LogP contribution in [-0.4, -0.2) is 13.2 Å². The fourth-order valence-electron chi connectivity index (χ4n) is 1.88. The van der Waals surface area contributed by atoms with Crippen molar-refractivity contribution in [2.24, 2.45) is 5.73 Å². The lowest BCUT2D eigenvalue weighted by molar-refractivity contribution is 0.328. The Labute approximate surface area is 106 Å². The predicted octanol–water partition coefficient (Wildman–Crippen LogP) is 3.14. The van der Waals surface area contributed by atoms with Gasteiger partial charge in [-0.05, 0) is 47.9 Å². The van der Waals surface area contributed by atoms with E-state index >= 15 is 0 Å². The van der Waals surface area contributed by atoms with Gasteiger partial charge in [-0.25, -0.2) is 4.39 Å². The second-order valence-corrected chi connectivity index (χ2v) is 4.12. The summed E-state index contributed by atoms with van der Waals surface area (Å²) in [4.78, 5) is 0. The first-order valence-electron chi connectivity index (χ1n) is 5.90. The second-order valence-electron chi connectivity index (χ2n) is 4.12. The van der Waals surface area contributed by atoms with Crippen molar-refractivity contribution in [3.63, 3.8) is 0 Å². The minimum absolute atomic E-state index is 0.227. The Morgan fingerprint density at radius 2 is 2.00 bits per heavy atom. The largest absolute Gasteiger partial charge is 0.492 e. The van der Waals surface area contributed by atoms with Crippen molar-refractivity contribution in [1.82, 2.24) is 0 Å². The lowest BCUT2D eigenvalue weighted by atomic mass is 10.0. The van der Waals surface area contributed by atoms with E-state index in [-0.39, 0.29) is 5.82 Å². The van der Waals surface area contributed by atoms with Crippen molar-refractivity contribution < 1.29 is 9.13 Å². The van der Waals surface area contributed by atoms with E-state index < -0.39 is 0 Å². The summed E-state index contributed by atoms with van der Waals surface area (Å²) in [6, 6.07) is 12.3. The molecule has 0 heterocycles. The summed E-state index contributed by atoms with van der Waals surface area (Å²) in [6.07, 6.45) is 0. The fourth-order valence-corrected chi connectivity index (χ4v) is 1.88. The molecule has 0 amide bonds. The summed E-state index contributed by atoms with van der Waals surface area (Å²) in [7, 11) is 0. The van der Waals surface area contributed by atoms with Gasteiger partial charge in [0.05, 0.1) is 0 Å². The number of benzene rings is 2. The molecule has 0 aliphatic rings. The molecule has 0 atom stereocenters. The quantitative estimate of drug-likeness (QED) is 0.898. The molecule has 2 aromatic rings. The number of hydrogen-bond acceptors (Lipinski definition) is 2. The Balaban J connectivity index is 2.29. The first kappa shape index (κ1) is 12.6. The zero-order chi connectivity index (χ0) is 13.0. The van der Waals surface area contributed by atoms with Crippen LogP contribution in [-0.2, 0) is 0 Å². The van der Waals surface area contributed by atoms with Gasteiger partial charge in [-0.2, -0.15) is 0 Å².